The molecule has 0 bridgehead atoms. The van der Waals surface area contributed by atoms with Crippen molar-refractivity contribution in [3.8, 4) is 0 Å². The van der Waals surface area contributed by atoms with Crippen molar-refractivity contribution in [2.45, 2.75) is 19.4 Å². The van der Waals surface area contributed by atoms with E-state index in [2.05, 4.69) is 4.98 Å². The fourth-order valence-corrected chi connectivity index (χ4v) is 2.70. The molecule has 1 aliphatic heterocycles. The molecule has 1 aromatic carbocycles. The van der Waals surface area contributed by atoms with Gasteiger partial charge in [0, 0.05) is 24.0 Å². The van der Waals surface area contributed by atoms with Crippen molar-refractivity contribution in [2.75, 3.05) is 11.4 Å². The van der Waals surface area contributed by atoms with Gasteiger partial charge in [0.05, 0.1) is 0 Å². The minimum Gasteiger partial charge on any atom is -0.326 e. The molecule has 0 saturated carbocycles. The molecular weight excluding hydrogens is 266 g/mol. The summed E-state index contributed by atoms with van der Waals surface area (Å²) in [4.78, 5) is 28.9. The number of nitrogens with one attached hydrogen (secondary N) is 1. The number of fused-ring (bicyclic) bond motifs is 1. The fraction of sp³-hybridized carbons (Fsp3) is 0.250. The van der Waals surface area contributed by atoms with Crippen molar-refractivity contribution in [1.82, 2.24) is 4.98 Å². The van der Waals surface area contributed by atoms with E-state index in [1.807, 2.05) is 24.3 Å². The molecule has 2 heterocycles. The molecule has 1 aliphatic rings. The van der Waals surface area contributed by atoms with Crippen LogP contribution in [0.5, 0.6) is 0 Å². The number of aryl methyl sites for hydroxylation is 1. The number of benzene rings is 1. The SMILES string of the molecule is Cc1ccc(C(=O)N2CC(N)Cc3ccccc32)c(=O)[nH]1. The fourth-order valence-electron chi connectivity index (χ4n) is 2.70. The summed E-state index contributed by atoms with van der Waals surface area (Å²) in [5, 5.41) is 0. The van der Waals surface area contributed by atoms with Gasteiger partial charge >= 0.3 is 0 Å². The van der Waals surface area contributed by atoms with E-state index in [0.29, 0.717) is 6.54 Å². The number of pyridine rings is 1. The molecular formula is C16H17N3O2. The smallest absolute Gasteiger partial charge is 0.263 e. The molecule has 5 nitrogen and oxygen atoms in total. The number of carbonyl (C=O) groups excluding carboxylic acids is 1. The van der Waals surface area contributed by atoms with Crippen molar-refractivity contribution in [3.05, 3.63) is 63.6 Å². The lowest BCUT2D eigenvalue weighted by atomic mass is 9.98. The van der Waals surface area contributed by atoms with Crippen LogP contribution in [0, 0.1) is 6.92 Å². The third-order valence-electron chi connectivity index (χ3n) is 3.71. The number of amides is 1. The zero-order valence-electron chi connectivity index (χ0n) is 11.8. The summed E-state index contributed by atoms with van der Waals surface area (Å²) in [6.07, 6.45) is 0.740. The third-order valence-corrected chi connectivity index (χ3v) is 3.71. The van der Waals surface area contributed by atoms with E-state index in [1.165, 1.54) is 0 Å². The number of nitrogens with zero attached hydrogens (tertiary/aromatic N) is 1. The summed E-state index contributed by atoms with van der Waals surface area (Å²) in [7, 11) is 0. The lowest BCUT2D eigenvalue weighted by Gasteiger charge is -2.32. The number of aromatic nitrogens is 1. The molecule has 1 aromatic heterocycles. The first-order valence-electron chi connectivity index (χ1n) is 6.91. The zero-order chi connectivity index (χ0) is 15.0. The van der Waals surface area contributed by atoms with Crippen LogP contribution in [0.15, 0.2) is 41.2 Å². The number of aromatic amines is 1. The second-order valence-electron chi connectivity index (χ2n) is 5.39. The van der Waals surface area contributed by atoms with E-state index in [1.54, 1.807) is 24.0 Å². The number of para-hydroxylation sites is 1. The second kappa shape index (κ2) is 5.18. The van der Waals surface area contributed by atoms with Crippen molar-refractivity contribution in [3.63, 3.8) is 0 Å². The van der Waals surface area contributed by atoms with Gasteiger partial charge in [0.15, 0.2) is 0 Å². The summed E-state index contributed by atoms with van der Waals surface area (Å²) in [5.74, 6) is -0.307. The van der Waals surface area contributed by atoms with Crippen molar-refractivity contribution >= 4 is 11.6 Å². The molecule has 0 saturated heterocycles. The molecule has 21 heavy (non-hydrogen) atoms. The number of carbonyl (C=O) groups is 1. The summed E-state index contributed by atoms with van der Waals surface area (Å²) in [6.45, 7) is 2.20. The number of anilines is 1. The number of H-pyrrole nitrogens is 1. The largest absolute Gasteiger partial charge is 0.326 e. The molecule has 2 aromatic rings. The molecule has 0 fully saturated rings. The number of nitrogens with two attached hydrogens (primary N) is 1. The Balaban J connectivity index is 2.04. The topological polar surface area (TPSA) is 79.2 Å². The van der Waals surface area contributed by atoms with Crippen LogP contribution < -0.4 is 16.2 Å². The summed E-state index contributed by atoms with van der Waals surface area (Å²) in [5.41, 5.74) is 8.42. The zero-order valence-corrected chi connectivity index (χ0v) is 11.8. The van der Waals surface area contributed by atoms with E-state index >= 15 is 0 Å². The molecule has 1 amide bonds. The van der Waals surface area contributed by atoms with Gasteiger partial charge in [-0.05, 0) is 37.1 Å². The average molecular weight is 283 g/mol. The third kappa shape index (κ3) is 2.48. The van der Waals surface area contributed by atoms with Gasteiger partial charge in [0.1, 0.15) is 5.56 Å². The quantitative estimate of drug-likeness (QED) is 0.825. The summed E-state index contributed by atoms with van der Waals surface area (Å²) < 4.78 is 0. The van der Waals surface area contributed by atoms with Gasteiger partial charge in [0.25, 0.3) is 11.5 Å². The minimum atomic E-state index is -0.364. The van der Waals surface area contributed by atoms with E-state index in [0.717, 1.165) is 23.4 Å². The Labute approximate surface area is 122 Å². The van der Waals surface area contributed by atoms with Gasteiger partial charge in [0.2, 0.25) is 0 Å². The number of rotatable bonds is 1. The molecule has 3 rings (SSSR count). The first-order valence-corrected chi connectivity index (χ1v) is 6.91. The van der Waals surface area contributed by atoms with Crippen LogP contribution in [0.1, 0.15) is 21.6 Å². The van der Waals surface area contributed by atoms with Crippen LogP contribution in [0.3, 0.4) is 0 Å². The molecule has 108 valence electrons. The van der Waals surface area contributed by atoms with Gasteiger partial charge in [-0.25, -0.2) is 0 Å². The lowest BCUT2D eigenvalue weighted by molar-refractivity contribution is 0.0982. The van der Waals surface area contributed by atoms with E-state index in [4.69, 9.17) is 5.73 Å². The maximum atomic E-state index is 12.7. The molecule has 5 heteroatoms. The highest BCUT2D eigenvalue weighted by atomic mass is 16.2. The molecule has 1 atom stereocenters. The van der Waals surface area contributed by atoms with E-state index in [-0.39, 0.29) is 23.1 Å². The highest BCUT2D eigenvalue weighted by Crippen LogP contribution is 2.27. The molecule has 3 N–H and O–H groups in total. The van der Waals surface area contributed by atoms with Gasteiger partial charge in [-0.2, -0.15) is 0 Å². The van der Waals surface area contributed by atoms with Crippen molar-refractivity contribution in [1.29, 1.82) is 0 Å². The van der Waals surface area contributed by atoms with Crippen LogP contribution in [0.25, 0.3) is 0 Å². The Hall–Kier alpha value is -2.40. The summed E-state index contributed by atoms with van der Waals surface area (Å²) >= 11 is 0. The number of hydrogen-bond donors (Lipinski definition) is 2. The van der Waals surface area contributed by atoms with E-state index in [9.17, 15) is 9.59 Å². The maximum absolute atomic E-state index is 12.7. The van der Waals surface area contributed by atoms with E-state index < -0.39 is 0 Å². The summed E-state index contributed by atoms with van der Waals surface area (Å²) in [6, 6.07) is 10.8. The monoisotopic (exact) mass is 283 g/mol. The normalized spacial score (nSPS) is 17.4. The molecule has 0 radical (unpaired) electrons. The molecule has 0 aliphatic carbocycles. The van der Waals surface area contributed by atoms with Gasteiger partial charge in [-0.15, -0.1) is 0 Å². The first-order chi connectivity index (χ1) is 10.1. The highest BCUT2D eigenvalue weighted by molar-refractivity contribution is 6.06. The van der Waals surface area contributed by atoms with Gasteiger partial charge < -0.3 is 15.6 Å². The first kappa shape index (κ1) is 13.6. The molecule has 0 spiro atoms. The number of hydrogen-bond acceptors (Lipinski definition) is 3. The lowest BCUT2D eigenvalue weighted by Crippen LogP contribution is -2.47. The Morgan fingerprint density at radius 2 is 2.05 bits per heavy atom. The molecule has 1 unspecified atom stereocenters. The van der Waals surface area contributed by atoms with Crippen LogP contribution in [0.4, 0.5) is 5.69 Å². The Morgan fingerprint density at radius 3 is 2.81 bits per heavy atom. The average Bonchev–Trinajstić information content (AvgIpc) is 2.45. The van der Waals surface area contributed by atoms with Gasteiger partial charge in [-0.1, -0.05) is 18.2 Å². The van der Waals surface area contributed by atoms with Crippen molar-refractivity contribution < 1.29 is 4.79 Å². The van der Waals surface area contributed by atoms with Gasteiger partial charge in [-0.3, -0.25) is 9.59 Å². The predicted molar refractivity (Wildman–Crippen MR) is 81.6 cm³/mol. The van der Waals surface area contributed by atoms with Crippen LogP contribution >= 0.6 is 0 Å². The van der Waals surface area contributed by atoms with Crippen molar-refractivity contribution in [2.24, 2.45) is 5.73 Å². The standard InChI is InChI=1S/C16H17N3O2/c1-10-6-7-13(15(20)18-10)16(21)19-9-12(17)8-11-4-2-3-5-14(11)19/h2-7,12H,8-9,17H2,1H3,(H,18,20). The Bertz CT molecular complexity index is 751. The van der Waals surface area contributed by atoms with Crippen LogP contribution in [-0.2, 0) is 6.42 Å². The minimum absolute atomic E-state index is 0.117. The Kier molecular flexibility index (Phi) is 3.35. The van der Waals surface area contributed by atoms with Crippen LogP contribution in [0.2, 0.25) is 0 Å². The van der Waals surface area contributed by atoms with Crippen LogP contribution in [-0.4, -0.2) is 23.5 Å². The second-order valence-corrected chi connectivity index (χ2v) is 5.39. The highest BCUT2D eigenvalue weighted by Gasteiger charge is 2.28. The maximum Gasteiger partial charge on any atom is 0.263 e. The predicted octanol–water partition coefficient (Wildman–Crippen LogP) is 1.21. The Morgan fingerprint density at radius 1 is 1.29 bits per heavy atom.